The van der Waals surface area contributed by atoms with E-state index in [-0.39, 0.29) is 6.61 Å². The second-order valence-electron chi connectivity index (χ2n) is 3.14. The third kappa shape index (κ3) is 5.52. The van der Waals surface area contributed by atoms with Crippen LogP contribution in [-0.4, -0.2) is 34.1 Å². The zero-order valence-corrected chi connectivity index (χ0v) is 7.74. The van der Waals surface area contributed by atoms with Crippen LogP contribution in [0.2, 0.25) is 0 Å². The van der Waals surface area contributed by atoms with Gasteiger partial charge in [0.15, 0.2) is 0 Å². The molecule has 0 fully saturated rings. The first-order chi connectivity index (χ1) is 5.72. The zero-order valence-electron chi connectivity index (χ0n) is 7.74. The molecule has 0 bridgehead atoms. The molecule has 0 saturated heterocycles. The molecule has 0 aliphatic heterocycles. The van der Waals surface area contributed by atoms with E-state index in [9.17, 15) is 10.2 Å². The van der Waals surface area contributed by atoms with Crippen LogP contribution in [0.25, 0.3) is 0 Å². The van der Waals surface area contributed by atoms with Crippen LogP contribution in [0, 0.1) is 0 Å². The van der Waals surface area contributed by atoms with E-state index in [1.165, 1.54) is 0 Å². The minimum Gasteiger partial charge on any atom is -0.396 e. The highest BCUT2D eigenvalue weighted by Gasteiger charge is 2.14. The zero-order chi connectivity index (χ0) is 9.40. The summed E-state index contributed by atoms with van der Waals surface area (Å²) in [4.78, 5) is 0. The number of unbranched alkanes of at least 4 members (excludes halogenated alkanes) is 1. The van der Waals surface area contributed by atoms with Crippen LogP contribution in [0.4, 0.5) is 0 Å². The molecule has 0 aliphatic carbocycles. The maximum Gasteiger partial charge on any atom is 0.0800 e. The second-order valence-corrected chi connectivity index (χ2v) is 3.14. The molecule has 0 saturated carbocycles. The average molecular weight is 176 g/mol. The number of aliphatic hydroxyl groups excluding tert-OH is 3. The molecule has 0 unspecified atom stereocenters. The van der Waals surface area contributed by atoms with E-state index in [1.54, 1.807) is 0 Å². The van der Waals surface area contributed by atoms with Gasteiger partial charge in [-0.1, -0.05) is 19.8 Å². The van der Waals surface area contributed by atoms with E-state index >= 15 is 0 Å². The van der Waals surface area contributed by atoms with Crippen molar-refractivity contribution in [2.45, 2.75) is 51.2 Å². The van der Waals surface area contributed by atoms with Crippen LogP contribution in [-0.2, 0) is 0 Å². The first-order valence-corrected chi connectivity index (χ1v) is 4.69. The summed E-state index contributed by atoms with van der Waals surface area (Å²) in [6.07, 6.45) is 2.40. The van der Waals surface area contributed by atoms with Gasteiger partial charge in [-0.3, -0.25) is 0 Å². The van der Waals surface area contributed by atoms with Crippen molar-refractivity contribution in [2.75, 3.05) is 6.61 Å². The maximum absolute atomic E-state index is 9.34. The lowest BCUT2D eigenvalue weighted by Gasteiger charge is -2.16. The van der Waals surface area contributed by atoms with E-state index in [4.69, 9.17) is 5.11 Å². The lowest BCUT2D eigenvalue weighted by Crippen LogP contribution is -2.25. The molecule has 0 aromatic heterocycles. The van der Waals surface area contributed by atoms with Crippen LogP contribution in [0.15, 0.2) is 0 Å². The minimum absolute atomic E-state index is 0.0809. The van der Waals surface area contributed by atoms with Crippen molar-refractivity contribution >= 4 is 0 Å². The van der Waals surface area contributed by atoms with Gasteiger partial charge in [-0.25, -0.2) is 0 Å². The van der Waals surface area contributed by atoms with Gasteiger partial charge in [-0.2, -0.15) is 0 Å². The van der Waals surface area contributed by atoms with E-state index in [0.29, 0.717) is 19.3 Å². The predicted molar refractivity (Wildman–Crippen MR) is 47.9 cm³/mol. The van der Waals surface area contributed by atoms with Crippen LogP contribution in [0.5, 0.6) is 0 Å². The molecule has 3 heteroatoms. The molecule has 3 N–H and O–H groups in total. The molecule has 3 nitrogen and oxygen atoms in total. The van der Waals surface area contributed by atoms with Crippen LogP contribution in [0.3, 0.4) is 0 Å². The quantitative estimate of drug-likeness (QED) is 0.534. The molecule has 0 rings (SSSR count). The van der Waals surface area contributed by atoms with Gasteiger partial charge >= 0.3 is 0 Å². The Kier molecular flexibility index (Phi) is 7.45. The fourth-order valence-electron chi connectivity index (χ4n) is 1.10. The molecular weight excluding hydrogens is 156 g/mol. The molecule has 12 heavy (non-hydrogen) atoms. The summed E-state index contributed by atoms with van der Waals surface area (Å²) in [6, 6.07) is 0. The monoisotopic (exact) mass is 176 g/mol. The Labute approximate surface area is 74.0 Å². The Balaban J connectivity index is 3.39. The van der Waals surface area contributed by atoms with Gasteiger partial charge in [0.2, 0.25) is 0 Å². The Morgan fingerprint density at radius 3 is 1.92 bits per heavy atom. The van der Waals surface area contributed by atoms with Crippen molar-refractivity contribution in [1.82, 2.24) is 0 Å². The first-order valence-electron chi connectivity index (χ1n) is 4.69. The fraction of sp³-hybridized carbons (Fsp3) is 1.00. The van der Waals surface area contributed by atoms with Gasteiger partial charge < -0.3 is 15.3 Å². The highest BCUT2D eigenvalue weighted by atomic mass is 16.3. The fourth-order valence-corrected chi connectivity index (χ4v) is 1.10. The summed E-state index contributed by atoms with van der Waals surface area (Å²) in [7, 11) is 0. The maximum atomic E-state index is 9.34. The van der Waals surface area contributed by atoms with E-state index in [0.717, 1.165) is 12.8 Å². The topological polar surface area (TPSA) is 60.7 Å². The van der Waals surface area contributed by atoms with Crippen molar-refractivity contribution in [3.05, 3.63) is 0 Å². The molecule has 2 atom stereocenters. The van der Waals surface area contributed by atoms with Crippen molar-refractivity contribution < 1.29 is 15.3 Å². The van der Waals surface area contributed by atoms with Gasteiger partial charge in [-0.05, 0) is 19.3 Å². The summed E-state index contributed by atoms with van der Waals surface area (Å²) >= 11 is 0. The summed E-state index contributed by atoms with van der Waals surface area (Å²) < 4.78 is 0. The van der Waals surface area contributed by atoms with E-state index in [1.807, 2.05) is 6.92 Å². The van der Waals surface area contributed by atoms with Gasteiger partial charge in [0.05, 0.1) is 12.2 Å². The standard InChI is InChI=1S/C9H20O3/c1-2-3-5-8(11)9(12)6-4-7-10/h8-12H,2-7H2,1H3/t8-,9+/m0/s1. The molecular formula is C9H20O3. The van der Waals surface area contributed by atoms with Gasteiger partial charge in [0.25, 0.3) is 0 Å². The molecule has 0 aliphatic rings. The first kappa shape index (κ1) is 11.9. The van der Waals surface area contributed by atoms with E-state index < -0.39 is 12.2 Å². The average Bonchev–Trinajstić information content (AvgIpc) is 2.10. The van der Waals surface area contributed by atoms with Gasteiger partial charge in [0.1, 0.15) is 0 Å². The van der Waals surface area contributed by atoms with Crippen LogP contribution >= 0.6 is 0 Å². The predicted octanol–water partition coefficient (Wildman–Crippen LogP) is 0.671. The molecule has 0 aromatic carbocycles. The number of hydrogen-bond acceptors (Lipinski definition) is 3. The molecule has 0 amide bonds. The largest absolute Gasteiger partial charge is 0.396 e. The smallest absolute Gasteiger partial charge is 0.0800 e. The molecule has 0 spiro atoms. The Bertz CT molecular complexity index is 83.8. The third-order valence-corrected chi connectivity index (χ3v) is 1.96. The lowest BCUT2D eigenvalue weighted by atomic mass is 10.0. The van der Waals surface area contributed by atoms with Crippen molar-refractivity contribution in [3.63, 3.8) is 0 Å². The summed E-state index contributed by atoms with van der Waals surface area (Å²) in [5.74, 6) is 0. The number of aliphatic hydroxyl groups is 3. The third-order valence-electron chi connectivity index (χ3n) is 1.96. The van der Waals surface area contributed by atoms with Crippen molar-refractivity contribution in [3.8, 4) is 0 Å². The summed E-state index contributed by atoms with van der Waals surface area (Å²) in [6.45, 7) is 2.13. The molecule has 0 aromatic rings. The highest BCUT2D eigenvalue weighted by Crippen LogP contribution is 2.08. The molecule has 0 heterocycles. The number of rotatable bonds is 7. The molecule has 74 valence electrons. The Hall–Kier alpha value is -0.120. The van der Waals surface area contributed by atoms with Crippen LogP contribution < -0.4 is 0 Å². The second kappa shape index (κ2) is 7.53. The van der Waals surface area contributed by atoms with Gasteiger partial charge in [0, 0.05) is 6.61 Å². The van der Waals surface area contributed by atoms with E-state index in [2.05, 4.69) is 0 Å². The summed E-state index contributed by atoms with van der Waals surface area (Å²) in [5, 5.41) is 27.1. The van der Waals surface area contributed by atoms with Crippen molar-refractivity contribution in [2.24, 2.45) is 0 Å². The minimum atomic E-state index is -0.663. The Morgan fingerprint density at radius 1 is 1.00 bits per heavy atom. The van der Waals surface area contributed by atoms with Gasteiger partial charge in [-0.15, -0.1) is 0 Å². The normalized spacial score (nSPS) is 16.0. The molecule has 0 radical (unpaired) electrons. The number of hydrogen-bond donors (Lipinski definition) is 3. The lowest BCUT2D eigenvalue weighted by molar-refractivity contribution is 0.00548. The summed E-state index contributed by atoms with van der Waals surface area (Å²) in [5.41, 5.74) is 0. The van der Waals surface area contributed by atoms with Crippen molar-refractivity contribution in [1.29, 1.82) is 0 Å². The highest BCUT2D eigenvalue weighted by molar-refractivity contribution is 4.66. The SMILES string of the molecule is CCCC[C@H](O)[C@H](O)CCCO. The van der Waals surface area contributed by atoms with Crippen LogP contribution in [0.1, 0.15) is 39.0 Å². The Morgan fingerprint density at radius 2 is 1.50 bits per heavy atom.